The lowest BCUT2D eigenvalue weighted by Crippen LogP contribution is -2.39. The van der Waals surface area contributed by atoms with E-state index in [4.69, 9.17) is 4.74 Å². The Hall–Kier alpha value is -2.44. The molecule has 1 aromatic carbocycles. The van der Waals surface area contributed by atoms with E-state index < -0.39 is 24.1 Å². The van der Waals surface area contributed by atoms with Crippen molar-refractivity contribution in [1.29, 1.82) is 0 Å². The third-order valence-electron chi connectivity index (χ3n) is 2.62. The van der Waals surface area contributed by atoms with Gasteiger partial charge in [-0.25, -0.2) is 9.18 Å². The fourth-order valence-corrected chi connectivity index (χ4v) is 1.46. The Morgan fingerprint density at radius 3 is 2.43 bits per heavy atom. The number of hydrogen-bond donors (Lipinski definition) is 1. The van der Waals surface area contributed by atoms with Gasteiger partial charge in [0.15, 0.2) is 6.10 Å². The number of carbonyl (C=O) groups is 3. The molecule has 0 heterocycles. The summed E-state index contributed by atoms with van der Waals surface area (Å²) in [5.74, 6) is -1.71. The topological polar surface area (TPSA) is 81.7 Å². The molecule has 0 fully saturated rings. The number of rotatable bonds is 5. The van der Waals surface area contributed by atoms with Crippen molar-refractivity contribution in [3.05, 3.63) is 35.6 Å². The Morgan fingerprint density at radius 1 is 1.24 bits per heavy atom. The summed E-state index contributed by atoms with van der Waals surface area (Å²) >= 11 is 0. The summed E-state index contributed by atoms with van der Waals surface area (Å²) in [4.78, 5) is 33.8. The van der Waals surface area contributed by atoms with Crippen molar-refractivity contribution in [1.82, 2.24) is 5.32 Å². The Labute approximate surface area is 121 Å². The molecule has 1 rings (SSSR count). The zero-order valence-corrected chi connectivity index (χ0v) is 11.7. The van der Waals surface area contributed by atoms with Gasteiger partial charge >= 0.3 is 12.1 Å². The van der Waals surface area contributed by atoms with Crippen LogP contribution < -0.4 is 5.32 Å². The molecule has 0 unspecified atom stereocenters. The maximum absolute atomic E-state index is 12.7. The molecule has 0 radical (unpaired) electrons. The molecule has 6 nitrogen and oxygen atoms in total. The number of halogens is 1. The van der Waals surface area contributed by atoms with Crippen LogP contribution in [-0.4, -0.2) is 31.2 Å². The van der Waals surface area contributed by atoms with Gasteiger partial charge in [0, 0.05) is 6.42 Å². The minimum absolute atomic E-state index is 0.0431. The van der Waals surface area contributed by atoms with Crippen LogP contribution in [0.4, 0.5) is 9.18 Å². The summed E-state index contributed by atoms with van der Waals surface area (Å²) < 4.78 is 21.8. The minimum Gasteiger partial charge on any atom is -0.453 e. The van der Waals surface area contributed by atoms with Crippen LogP contribution in [0.5, 0.6) is 0 Å². The molecule has 7 heteroatoms. The fourth-order valence-electron chi connectivity index (χ4n) is 1.46. The van der Waals surface area contributed by atoms with Gasteiger partial charge in [-0.2, -0.15) is 0 Å². The molecule has 0 aliphatic rings. The predicted molar refractivity (Wildman–Crippen MR) is 70.8 cm³/mol. The van der Waals surface area contributed by atoms with E-state index >= 15 is 0 Å². The second-order valence-corrected chi connectivity index (χ2v) is 4.24. The number of ether oxygens (including phenoxy) is 2. The normalized spacial score (nSPS) is 11.4. The summed E-state index contributed by atoms with van der Waals surface area (Å²) in [5.41, 5.74) is 0.778. The Bertz CT molecular complexity index is 515. The maximum Gasteiger partial charge on any atom is 0.413 e. The van der Waals surface area contributed by atoms with Crippen molar-refractivity contribution < 1.29 is 28.2 Å². The second kappa shape index (κ2) is 7.98. The van der Waals surface area contributed by atoms with Crippen molar-refractivity contribution in [2.24, 2.45) is 0 Å². The minimum atomic E-state index is -1.11. The Kier molecular flexibility index (Phi) is 6.32. The molecule has 0 spiro atoms. The molecule has 21 heavy (non-hydrogen) atoms. The number of hydrogen-bond acceptors (Lipinski definition) is 5. The zero-order chi connectivity index (χ0) is 15.8. The highest BCUT2D eigenvalue weighted by atomic mass is 19.1. The van der Waals surface area contributed by atoms with Crippen molar-refractivity contribution >= 4 is 18.0 Å². The number of carbonyl (C=O) groups excluding carboxylic acids is 3. The third kappa shape index (κ3) is 6.03. The van der Waals surface area contributed by atoms with Crippen LogP contribution in [0.15, 0.2) is 24.3 Å². The number of alkyl carbamates (subject to hydrolysis) is 1. The first-order chi connectivity index (χ1) is 9.92. The lowest BCUT2D eigenvalue weighted by Gasteiger charge is -2.12. The van der Waals surface area contributed by atoms with Crippen molar-refractivity contribution in [2.75, 3.05) is 7.11 Å². The van der Waals surface area contributed by atoms with Gasteiger partial charge in [0.05, 0.1) is 7.11 Å². The molecule has 0 aromatic heterocycles. The van der Waals surface area contributed by atoms with Crippen molar-refractivity contribution in [2.45, 2.75) is 25.9 Å². The number of aryl methyl sites for hydroxylation is 1. The van der Waals surface area contributed by atoms with Crippen LogP contribution in [0.3, 0.4) is 0 Å². The molecule has 2 amide bonds. The molecule has 1 aromatic rings. The largest absolute Gasteiger partial charge is 0.453 e. The van der Waals surface area contributed by atoms with Crippen LogP contribution in [0, 0.1) is 5.82 Å². The average molecular weight is 297 g/mol. The average Bonchev–Trinajstić information content (AvgIpc) is 2.46. The molecule has 114 valence electrons. The number of benzene rings is 1. The van der Waals surface area contributed by atoms with E-state index in [2.05, 4.69) is 4.74 Å². The lowest BCUT2D eigenvalue weighted by molar-refractivity contribution is -0.154. The third-order valence-corrected chi connectivity index (χ3v) is 2.62. The molecule has 0 saturated carbocycles. The van der Waals surface area contributed by atoms with E-state index in [0.717, 1.165) is 12.7 Å². The Morgan fingerprint density at radius 2 is 1.86 bits per heavy atom. The van der Waals surface area contributed by atoms with Crippen LogP contribution in [0.2, 0.25) is 0 Å². The van der Waals surface area contributed by atoms with Gasteiger partial charge in [0.2, 0.25) is 0 Å². The molecule has 1 N–H and O–H groups in total. The molecular formula is C14H16FNO5. The zero-order valence-electron chi connectivity index (χ0n) is 11.7. The van der Waals surface area contributed by atoms with E-state index in [1.807, 2.05) is 5.32 Å². The van der Waals surface area contributed by atoms with Gasteiger partial charge in [0.1, 0.15) is 5.82 Å². The number of amides is 2. The SMILES string of the molecule is COC(=O)NC(=O)[C@H](C)OC(=O)CCc1ccc(F)cc1. The summed E-state index contributed by atoms with van der Waals surface area (Å²) in [6.07, 6.45) is -1.62. The van der Waals surface area contributed by atoms with E-state index in [-0.39, 0.29) is 12.2 Å². The van der Waals surface area contributed by atoms with E-state index in [0.29, 0.717) is 6.42 Å². The monoisotopic (exact) mass is 297 g/mol. The lowest BCUT2D eigenvalue weighted by atomic mass is 10.1. The van der Waals surface area contributed by atoms with Crippen LogP contribution in [0.25, 0.3) is 0 Å². The summed E-state index contributed by atoms with van der Waals surface area (Å²) in [7, 11) is 1.11. The van der Waals surface area contributed by atoms with Gasteiger partial charge in [-0.05, 0) is 31.0 Å². The molecule has 0 bridgehead atoms. The quantitative estimate of drug-likeness (QED) is 0.834. The Balaban J connectivity index is 2.37. The van der Waals surface area contributed by atoms with E-state index in [1.165, 1.54) is 19.1 Å². The highest BCUT2D eigenvalue weighted by Gasteiger charge is 2.19. The van der Waals surface area contributed by atoms with Gasteiger partial charge in [-0.3, -0.25) is 14.9 Å². The van der Waals surface area contributed by atoms with Crippen LogP contribution in [0.1, 0.15) is 18.9 Å². The molecule has 0 aliphatic heterocycles. The smallest absolute Gasteiger partial charge is 0.413 e. The maximum atomic E-state index is 12.7. The number of esters is 1. The summed E-state index contributed by atoms with van der Waals surface area (Å²) in [5, 5.41) is 1.90. The first kappa shape index (κ1) is 16.6. The first-order valence-corrected chi connectivity index (χ1v) is 6.25. The van der Waals surface area contributed by atoms with Crippen LogP contribution in [-0.2, 0) is 25.5 Å². The number of imide groups is 1. The van der Waals surface area contributed by atoms with Gasteiger partial charge < -0.3 is 9.47 Å². The highest BCUT2D eigenvalue weighted by molar-refractivity contribution is 5.94. The number of methoxy groups -OCH3 is 1. The number of nitrogens with one attached hydrogen (secondary N) is 1. The molecular weight excluding hydrogens is 281 g/mol. The summed E-state index contributed by atoms with van der Waals surface area (Å²) in [6.45, 7) is 1.34. The predicted octanol–water partition coefficient (Wildman–Crippen LogP) is 1.57. The van der Waals surface area contributed by atoms with Gasteiger partial charge in [-0.15, -0.1) is 0 Å². The summed E-state index contributed by atoms with van der Waals surface area (Å²) in [6, 6.07) is 5.73. The molecule has 1 atom stereocenters. The first-order valence-electron chi connectivity index (χ1n) is 6.25. The highest BCUT2D eigenvalue weighted by Crippen LogP contribution is 2.07. The van der Waals surface area contributed by atoms with E-state index in [1.54, 1.807) is 12.1 Å². The van der Waals surface area contributed by atoms with E-state index in [9.17, 15) is 18.8 Å². The van der Waals surface area contributed by atoms with Gasteiger partial charge in [-0.1, -0.05) is 12.1 Å². The fraction of sp³-hybridized carbons (Fsp3) is 0.357. The molecule has 0 aliphatic carbocycles. The molecule has 0 saturated heterocycles. The standard InChI is InChI=1S/C14H16FNO5/c1-9(13(18)16-14(19)20-2)21-12(17)8-5-10-3-6-11(15)7-4-10/h3-4,6-7,9H,5,8H2,1-2H3,(H,16,18,19)/t9-/m0/s1. The van der Waals surface area contributed by atoms with Gasteiger partial charge in [0.25, 0.3) is 5.91 Å². The second-order valence-electron chi connectivity index (χ2n) is 4.24. The van der Waals surface area contributed by atoms with Crippen molar-refractivity contribution in [3.8, 4) is 0 Å². The van der Waals surface area contributed by atoms with Crippen LogP contribution >= 0.6 is 0 Å². The van der Waals surface area contributed by atoms with Crippen molar-refractivity contribution in [3.63, 3.8) is 0 Å².